The zero-order valence-electron chi connectivity index (χ0n) is 16.1. The van der Waals surface area contributed by atoms with Crippen molar-refractivity contribution in [2.45, 2.75) is 24.9 Å². The normalized spacial score (nSPS) is 23.6. The van der Waals surface area contributed by atoms with Crippen molar-refractivity contribution in [1.82, 2.24) is 9.80 Å². The van der Waals surface area contributed by atoms with Crippen molar-refractivity contribution in [3.8, 4) is 0 Å². The van der Waals surface area contributed by atoms with Crippen molar-refractivity contribution in [2.75, 3.05) is 19.8 Å². The predicted molar refractivity (Wildman–Crippen MR) is 105 cm³/mol. The molecule has 3 atom stereocenters. The van der Waals surface area contributed by atoms with E-state index < -0.39 is 39.0 Å². The van der Waals surface area contributed by atoms with Crippen LogP contribution in [0.5, 0.6) is 0 Å². The van der Waals surface area contributed by atoms with Gasteiger partial charge in [-0.25, -0.2) is 4.79 Å². The topological polar surface area (TPSA) is 122 Å². The second-order valence-electron chi connectivity index (χ2n) is 6.93. The summed E-state index contributed by atoms with van der Waals surface area (Å²) in [5.74, 6) is -0.946. The third-order valence-corrected chi connectivity index (χ3v) is 6.18. The first kappa shape index (κ1) is 20.6. The molecule has 0 aliphatic carbocycles. The quantitative estimate of drug-likeness (QED) is 0.167. The highest BCUT2D eigenvalue weighted by Crippen LogP contribution is 2.36. The molecule has 2 heterocycles. The SMILES string of the molecule is CC1=C(C(=O)OCc2ccc([N+](=O)[O-])cc2)N2C(=O)[C@H](N=CN(C)C)[C@@H]2[S@](=O)C1. The molecule has 1 fully saturated rings. The smallest absolute Gasteiger partial charge is 0.355 e. The van der Waals surface area contributed by atoms with E-state index in [-0.39, 0.29) is 23.7 Å². The fourth-order valence-electron chi connectivity index (χ4n) is 3.07. The number of nitrogens with zero attached hydrogens (tertiary/aromatic N) is 4. The Kier molecular flexibility index (Phi) is 5.78. The number of carbonyl (C=O) groups excluding carboxylic acids is 2. The van der Waals surface area contributed by atoms with E-state index in [1.165, 1.54) is 35.5 Å². The Bertz CT molecular complexity index is 940. The van der Waals surface area contributed by atoms with Crippen molar-refractivity contribution in [3.63, 3.8) is 0 Å². The van der Waals surface area contributed by atoms with Gasteiger partial charge in [-0.2, -0.15) is 0 Å². The van der Waals surface area contributed by atoms with Crippen LogP contribution in [0.3, 0.4) is 0 Å². The van der Waals surface area contributed by atoms with Crippen LogP contribution in [-0.2, 0) is 31.7 Å². The fourth-order valence-corrected chi connectivity index (χ4v) is 4.72. The van der Waals surface area contributed by atoms with E-state index >= 15 is 0 Å². The van der Waals surface area contributed by atoms with Gasteiger partial charge in [0, 0.05) is 32.0 Å². The van der Waals surface area contributed by atoms with Crippen LogP contribution in [-0.4, -0.2) is 68.4 Å². The van der Waals surface area contributed by atoms with E-state index in [1.54, 1.807) is 25.9 Å². The van der Waals surface area contributed by atoms with Gasteiger partial charge in [0.15, 0.2) is 6.04 Å². The number of fused-ring (bicyclic) bond motifs is 1. The predicted octanol–water partition coefficient (Wildman–Crippen LogP) is 0.801. The van der Waals surface area contributed by atoms with Gasteiger partial charge in [0.1, 0.15) is 17.7 Å². The Morgan fingerprint density at radius 3 is 2.66 bits per heavy atom. The maximum Gasteiger partial charge on any atom is 0.355 e. The molecule has 0 unspecified atom stereocenters. The van der Waals surface area contributed by atoms with E-state index in [2.05, 4.69) is 4.99 Å². The minimum absolute atomic E-state index is 0.0632. The van der Waals surface area contributed by atoms with Gasteiger partial charge in [0.25, 0.3) is 11.6 Å². The van der Waals surface area contributed by atoms with Gasteiger partial charge < -0.3 is 9.64 Å². The average molecular weight is 420 g/mol. The molecule has 154 valence electrons. The number of nitro groups is 1. The third-order valence-electron chi connectivity index (χ3n) is 4.46. The summed E-state index contributed by atoms with van der Waals surface area (Å²) < 4.78 is 17.8. The lowest BCUT2D eigenvalue weighted by atomic mass is 10.0. The van der Waals surface area contributed by atoms with E-state index in [0.29, 0.717) is 11.1 Å². The van der Waals surface area contributed by atoms with E-state index in [9.17, 15) is 23.9 Å². The summed E-state index contributed by atoms with van der Waals surface area (Å²) in [5.41, 5.74) is 1.11. The maximum absolute atomic E-state index is 12.6. The van der Waals surface area contributed by atoms with Gasteiger partial charge in [0.2, 0.25) is 0 Å². The van der Waals surface area contributed by atoms with Crippen LogP contribution in [0.15, 0.2) is 40.5 Å². The number of amides is 1. The van der Waals surface area contributed by atoms with Crippen molar-refractivity contribution in [2.24, 2.45) is 4.99 Å². The Balaban J connectivity index is 1.73. The number of rotatable bonds is 6. The molecule has 29 heavy (non-hydrogen) atoms. The number of esters is 1. The molecule has 0 bridgehead atoms. The summed E-state index contributed by atoms with van der Waals surface area (Å²) in [6.07, 6.45) is 1.48. The number of ether oxygens (including phenoxy) is 1. The fraction of sp³-hybridized carbons (Fsp3) is 0.389. The summed E-state index contributed by atoms with van der Waals surface area (Å²) in [7, 11) is 2.15. The highest BCUT2D eigenvalue weighted by molar-refractivity contribution is 7.86. The molecular weight excluding hydrogens is 400 g/mol. The lowest BCUT2D eigenvalue weighted by Crippen LogP contribution is -2.68. The summed E-state index contributed by atoms with van der Waals surface area (Å²) in [6, 6.07) is 4.83. The summed E-state index contributed by atoms with van der Waals surface area (Å²) >= 11 is 0. The van der Waals surface area contributed by atoms with Crippen LogP contribution in [0.4, 0.5) is 5.69 Å². The molecule has 0 N–H and O–H groups in total. The second kappa shape index (κ2) is 8.11. The first-order valence-electron chi connectivity index (χ1n) is 8.71. The number of non-ortho nitro benzene ring substituents is 1. The van der Waals surface area contributed by atoms with Gasteiger partial charge >= 0.3 is 5.97 Å². The molecule has 11 heteroatoms. The standard InChI is InChI=1S/C18H20N4O6S/c1-11-9-29(27)17-14(19-10-20(2)3)16(23)21(17)15(11)18(24)28-8-12-4-6-13(7-5-12)22(25)26/h4-7,10,14,17H,8-9H2,1-3H3/t14-,17-,29+/m0/s1. The molecule has 3 rings (SSSR count). The second-order valence-corrected chi connectivity index (χ2v) is 8.46. The molecular formula is C18H20N4O6S. The van der Waals surface area contributed by atoms with Crippen LogP contribution >= 0.6 is 0 Å². The van der Waals surface area contributed by atoms with Gasteiger partial charge in [0.05, 0.1) is 22.1 Å². The number of aliphatic imine (C=N–C) groups is 1. The lowest BCUT2D eigenvalue weighted by Gasteiger charge is -2.47. The molecule has 0 radical (unpaired) electrons. The van der Waals surface area contributed by atoms with Crippen molar-refractivity contribution < 1.29 is 23.5 Å². The van der Waals surface area contributed by atoms with E-state index in [0.717, 1.165) is 0 Å². The molecule has 2 aliphatic rings. The zero-order valence-corrected chi connectivity index (χ0v) is 16.9. The van der Waals surface area contributed by atoms with Gasteiger partial charge in [-0.05, 0) is 30.2 Å². The highest BCUT2D eigenvalue weighted by Gasteiger charge is 2.56. The monoisotopic (exact) mass is 420 g/mol. The van der Waals surface area contributed by atoms with E-state index in [4.69, 9.17) is 4.74 Å². The summed E-state index contributed by atoms with van der Waals surface area (Å²) in [4.78, 5) is 42.4. The number of carbonyl (C=O) groups is 2. The molecule has 0 saturated carbocycles. The first-order valence-corrected chi connectivity index (χ1v) is 10.1. The molecule has 0 spiro atoms. The molecule has 1 aromatic rings. The van der Waals surface area contributed by atoms with Gasteiger partial charge in [-0.15, -0.1) is 0 Å². The van der Waals surface area contributed by atoms with Crippen LogP contribution in [0.25, 0.3) is 0 Å². The van der Waals surface area contributed by atoms with Crippen molar-refractivity contribution >= 4 is 34.7 Å². The Morgan fingerprint density at radius 1 is 1.41 bits per heavy atom. The molecule has 2 aliphatic heterocycles. The van der Waals surface area contributed by atoms with E-state index in [1.807, 2.05) is 0 Å². The Hall–Kier alpha value is -3.08. The molecule has 0 aromatic heterocycles. The van der Waals surface area contributed by atoms with Gasteiger partial charge in [-0.1, -0.05) is 0 Å². The zero-order chi connectivity index (χ0) is 21.3. The van der Waals surface area contributed by atoms with Crippen molar-refractivity contribution in [1.29, 1.82) is 0 Å². The Labute approximate surface area is 169 Å². The third kappa shape index (κ3) is 4.04. The molecule has 1 saturated heterocycles. The number of benzene rings is 1. The van der Waals surface area contributed by atoms with Crippen molar-refractivity contribution in [3.05, 3.63) is 51.2 Å². The van der Waals surface area contributed by atoms with Crippen LogP contribution in [0.1, 0.15) is 12.5 Å². The molecule has 1 aromatic carbocycles. The summed E-state index contributed by atoms with van der Waals surface area (Å²) in [6.45, 7) is 1.53. The molecule has 1 amide bonds. The lowest BCUT2D eigenvalue weighted by molar-refractivity contribution is -0.384. The minimum atomic E-state index is -1.36. The first-order chi connectivity index (χ1) is 13.7. The maximum atomic E-state index is 12.6. The summed E-state index contributed by atoms with van der Waals surface area (Å²) in [5, 5.41) is 10.0. The Morgan fingerprint density at radius 2 is 2.07 bits per heavy atom. The minimum Gasteiger partial charge on any atom is -0.456 e. The van der Waals surface area contributed by atoms with Crippen LogP contribution in [0.2, 0.25) is 0 Å². The van der Waals surface area contributed by atoms with Crippen LogP contribution in [0, 0.1) is 10.1 Å². The van der Waals surface area contributed by atoms with Crippen LogP contribution < -0.4 is 0 Å². The number of β-lactam (4-membered cyclic amide) rings is 1. The highest BCUT2D eigenvalue weighted by atomic mass is 32.2. The number of hydrogen-bond acceptors (Lipinski definition) is 7. The largest absolute Gasteiger partial charge is 0.456 e. The number of hydrogen-bond donors (Lipinski definition) is 0. The average Bonchev–Trinajstić information content (AvgIpc) is 2.66. The van der Waals surface area contributed by atoms with Gasteiger partial charge in [-0.3, -0.25) is 29.0 Å². The number of nitro benzene ring substituents is 1. The molecule has 10 nitrogen and oxygen atoms in total.